The van der Waals surface area contributed by atoms with Gasteiger partial charge in [0.15, 0.2) is 0 Å². The number of benzene rings is 2. The van der Waals surface area contributed by atoms with Crippen molar-refractivity contribution < 1.29 is 13.9 Å². The van der Waals surface area contributed by atoms with Crippen molar-refractivity contribution in [3.05, 3.63) is 71.7 Å². The Bertz CT molecular complexity index is 922. The Hall–Kier alpha value is -3.15. The van der Waals surface area contributed by atoms with Crippen molar-refractivity contribution in [3.8, 4) is 11.3 Å². The Kier molecular flexibility index (Phi) is 5.02. The number of anilines is 1. The van der Waals surface area contributed by atoms with Crippen molar-refractivity contribution in [1.82, 2.24) is 9.78 Å². The highest BCUT2D eigenvalue weighted by molar-refractivity contribution is 5.91. The Morgan fingerprint density at radius 1 is 1.15 bits per heavy atom. The van der Waals surface area contributed by atoms with Crippen LogP contribution in [0, 0.1) is 12.7 Å². The first-order valence-electron chi connectivity index (χ1n) is 8.28. The molecule has 3 aromatic rings. The second-order valence-corrected chi connectivity index (χ2v) is 5.99. The van der Waals surface area contributed by atoms with E-state index in [0.29, 0.717) is 16.9 Å². The summed E-state index contributed by atoms with van der Waals surface area (Å²) in [5.41, 5.74) is 3.23. The summed E-state index contributed by atoms with van der Waals surface area (Å²) in [4.78, 5) is 12.4. The topological polar surface area (TPSA) is 56.1 Å². The van der Waals surface area contributed by atoms with Crippen LogP contribution in [0.2, 0.25) is 0 Å². The number of hydrogen-bond acceptors (Lipinski definition) is 3. The van der Waals surface area contributed by atoms with Crippen LogP contribution < -0.4 is 5.32 Å². The molecule has 1 unspecified atom stereocenters. The minimum Gasteiger partial charge on any atom is -0.441 e. The van der Waals surface area contributed by atoms with Crippen molar-refractivity contribution in [2.45, 2.75) is 20.0 Å². The van der Waals surface area contributed by atoms with Crippen LogP contribution in [0.3, 0.4) is 0 Å². The van der Waals surface area contributed by atoms with E-state index < -0.39 is 18.0 Å². The van der Waals surface area contributed by atoms with Gasteiger partial charge in [0.1, 0.15) is 17.6 Å². The van der Waals surface area contributed by atoms with Gasteiger partial charge in [0.2, 0.25) is 0 Å². The summed E-state index contributed by atoms with van der Waals surface area (Å²) in [6.07, 6.45) is -1.37. The molecular formula is C20H20FN3O2. The number of ether oxygens (including phenoxy) is 1. The van der Waals surface area contributed by atoms with Gasteiger partial charge in [-0.1, -0.05) is 48.5 Å². The number of carbonyl (C=O) groups excluding carboxylic acids is 1. The SMILES string of the molecule is Cc1c(NC(=O)OC(C)c2ccccc2F)c(-c2ccccc2)nn1C. The number of aryl methyl sites for hydroxylation is 1. The average Bonchev–Trinajstić information content (AvgIpc) is 2.91. The van der Waals surface area contributed by atoms with E-state index in [1.165, 1.54) is 6.07 Å². The molecule has 1 heterocycles. The van der Waals surface area contributed by atoms with Crippen LogP contribution in [0.1, 0.15) is 24.3 Å². The molecule has 1 aromatic heterocycles. The van der Waals surface area contributed by atoms with Gasteiger partial charge in [-0.15, -0.1) is 0 Å². The lowest BCUT2D eigenvalue weighted by Gasteiger charge is -2.15. The second kappa shape index (κ2) is 7.39. The first-order valence-corrected chi connectivity index (χ1v) is 8.28. The Balaban J connectivity index is 1.81. The summed E-state index contributed by atoms with van der Waals surface area (Å²) >= 11 is 0. The highest BCUT2D eigenvalue weighted by atomic mass is 19.1. The lowest BCUT2D eigenvalue weighted by atomic mass is 10.1. The van der Waals surface area contributed by atoms with Gasteiger partial charge in [0.05, 0.1) is 11.4 Å². The molecule has 1 amide bonds. The predicted molar refractivity (Wildman–Crippen MR) is 98.3 cm³/mol. The fraction of sp³-hybridized carbons (Fsp3) is 0.200. The van der Waals surface area contributed by atoms with Crippen LogP contribution in [0.5, 0.6) is 0 Å². The van der Waals surface area contributed by atoms with Crippen LogP contribution in [-0.4, -0.2) is 15.9 Å². The van der Waals surface area contributed by atoms with E-state index in [-0.39, 0.29) is 0 Å². The molecule has 1 N–H and O–H groups in total. The van der Waals surface area contributed by atoms with Crippen molar-refractivity contribution in [2.75, 3.05) is 5.32 Å². The lowest BCUT2D eigenvalue weighted by molar-refractivity contribution is 0.119. The van der Waals surface area contributed by atoms with Crippen molar-refractivity contribution >= 4 is 11.8 Å². The Morgan fingerprint density at radius 3 is 2.50 bits per heavy atom. The van der Waals surface area contributed by atoms with Gasteiger partial charge in [0, 0.05) is 18.2 Å². The van der Waals surface area contributed by atoms with Crippen LogP contribution in [0.25, 0.3) is 11.3 Å². The van der Waals surface area contributed by atoms with Gasteiger partial charge in [-0.2, -0.15) is 5.10 Å². The summed E-state index contributed by atoms with van der Waals surface area (Å²) < 4.78 is 20.9. The molecule has 6 heteroatoms. The maximum absolute atomic E-state index is 13.8. The number of carbonyl (C=O) groups is 1. The van der Waals surface area contributed by atoms with Crippen molar-refractivity contribution in [1.29, 1.82) is 0 Å². The molecule has 3 rings (SSSR count). The molecular weight excluding hydrogens is 333 g/mol. The number of halogens is 1. The zero-order valence-electron chi connectivity index (χ0n) is 14.9. The standard InChI is InChI=1S/C20H20FN3O2/c1-13-18(19(23-24(13)3)15-9-5-4-6-10-15)22-20(25)26-14(2)16-11-7-8-12-17(16)21/h4-12,14H,1-3H3,(H,22,25). The normalized spacial score (nSPS) is 11.8. The summed E-state index contributed by atoms with van der Waals surface area (Å²) in [6.45, 7) is 3.49. The zero-order chi connectivity index (χ0) is 18.7. The van der Waals surface area contributed by atoms with E-state index in [1.807, 2.05) is 37.3 Å². The van der Waals surface area contributed by atoms with Gasteiger partial charge >= 0.3 is 6.09 Å². The molecule has 0 spiro atoms. The van der Waals surface area contributed by atoms with E-state index >= 15 is 0 Å². The minimum atomic E-state index is -0.714. The molecule has 134 valence electrons. The van der Waals surface area contributed by atoms with Gasteiger partial charge < -0.3 is 4.74 Å². The minimum absolute atomic E-state index is 0.328. The van der Waals surface area contributed by atoms with E-state index in [4.69, 9.17) is 4.74 Å². The fourth-order valence-electron chi connectivity index (χ4n) is 2.72. The molecule has 1 atom stereocenters. The molecule has 0 aliphatic heterocycles. The number of nitrogens with zero attached hydrogens (tertiary/aromatic N) is 2. The monoisotopic (exact) mass is 353 g/mol. The summed E-state index contributed by atoms with van der Waals surface area (Å²) in [7, 11) is 1.81. The number of nitrogens with one attached hydrogen (secondary N) is 1. The van der Waals surface area contributed by atoms with E-state index in [9.17, 15) is 9.18 Å². The predicted octanol–water partition coefficient (Wildman–Crippen LogP) is 4.84. The van der Waals surface area contributed by atoms with E-state index in [0.717, 1.165) is 11.3 Å². The maximum Gasteiger partial charge on any atom is 0.412 e. The average molecular weight is 353 g/mol. The zero-order valence-corrected chi connectivity index (χ0v) is 14.9. The van der Waals surface area contributed by atoms with Crippen LogP contribution in [-0.2, 0) is 11.8 Å². The number of hydrogen-bond donors (Lipinski definition) is 1. The molecule has 0 saturated heterocycles. The molecule has 5 nitrogen and oxygen atoms in total. The highest BCUT2D eigenvalue weighted by Gasteiger charge is 2.20. The molecule has 2 aromatic carbocycles. The van der Waals surface area contributed by atoms with Crippen molar-refractivity contribution in [3.63, 3.8) is 0 Å². The van der Waals surface area contributed by atoms with Crippen LogP contribution in [0.15, 0.2) is 54.6 Å². The quantitative estimate of drug-likeness (QED) is 0.730. The largest absolute Gasteiger partial charge is 0.441 e. The summed E-state index contributed by atoms with van der Waals surface area (Å²) in [5, 5.41) is 7.22. The third kappa shape index (κ3) is 3.59. The molecule has 0 aliphatic rings. The van der Waals surface area contributed by atoms with Gasteiger partial charge in [-0.25, -0.2) is 9.18 Å². The molecule has 26 heavy (non-hydrogen) atoms. The molecule has 0 bridgehead atoms. The summed E-state index contributed by atoms with van der Waals surface area (Å²) in [5.74, 6) is -0.407. The molecule has 0 aliphatic carbocycles. The van der Waals surface area contributed by atoms with Gasteiger partial charge in [-0.05, 0) is 19.9 Å². The molecule has 0 saturated carbocycles. The van der Waals surface area contributed by atoms with E-state index in [2.05, 4.69) is 10.4 Å². The first-order chi connectivity index (χ1) is 12.5. The highest BCUT2D eigenvalue weighted by Crippen LogP contribution is 2.30. The summed E-state index contributed by atoms with van der Waals surface area (Å²) in [6, 6.07) is 15.8. The van der Waals surface area contributed by atoms with Crippen molar-refractivity contribution in [2.24, 2.45) is 7.05 Å². The number of aromatic nitrogens is 2. The third-order valence-electron chi connectivity index (χ3n) is 4.24. The molecule has 0 fully saturated rings. The maximum atomic E-state index is 13.8. The lowest BCUT2D eigenvalue weighted by Crippen LogP contribution is -2.17. The first kappa shape index (κ1) is 17.7. The van der Waals surface area contributed by atoms with Gasteiger partial charge in [0.25, 0.3) is 0 Å². The number of amides is 1. The van der Waals surface area contributed by atoms with Crippen LogP contribution >= 0.6 is 0 Å². The van der Waals surface area contributed by atoms with E-state index in [1.54, 1.807) is 36.9 Å². The van der Waals surface area contributed by atoms with Crippen LogP contribution in [0.4, 0.5) is 14.9 Å². The number of rotatable bonds is 4. The molecule has 0 radical (unpaired) electrons. The fourth-order valence-corrected chi connectivity index (χ4v) is 2.72. The Labute approximate surface area is 151 Å². The third-order valence-corrected chi connectivity index (χ3v) is 4.24. The van der Waals surface area contributed by atoms with Gasteiger partial charge in [-0.3, -0.25) is 10.00 Å². The second-order valence-electron chi connectivity index (χ2n) is 5.99. The smallest absolute Gasteiger partial charge is 0.412 e. The Morgan fingerprint density at radius 2 is 1.81 bits per heavy atom.